The zero-order valence-electron chi connectivity index (χ0n) is 6.37. The molecule has 0 fully saturated rings. The van der Waals surface area contributed by atoms with Crippen LogP contribution in [-0.4, -0.2) is 28.2 Å². The summed E-state index contributed by atoms with van der Waals surface area (Å²) < 4.78 is 0. The van der Waals surface area contributed by atoms with Crippen LogP contribution in [0.2, 0.25) is 0 Å². The van der Waals surface area contributed by atoms with Crippen LogP contribution >= 0.6 is 0 Å². The van der Waals surface area contributed by atoms with Crippen molar-refractivity contribution in [1.82, 2.24) is 9.97 Å². The van der Waals surface area contributed by atoms with Crippen LogP contribution in [0.15, 0.2) is 10.9 Å². The molecule has 0 atom stereocenters. The van der Waals surface area contributed by atoms with Gasteiger partial charge in [-0.25, -0.2) is 4.79 Å². The second kappa shape index (κ2) is 3.72. The number of anilines is 2. The van der Waals surface area contributed by atoms with Crippen LogP contribution < -0.4 is 16.7 Å². The number of H-pyrrole nitrogens is 1. The van der Waals surface area contributed by atoms with Gasteiger partial charge in [-0.3, -0.25) is 4.98 Å². The monoisotopic (exact) mass is 170 g/mol. The number of nitrogens with one attached hydrogen (secondary N) is 2. The fourth-order valence-electron chi connectivity index (χ4n) is 0.751. The average Bonchev–Trinajstić information content (AvgIpc) is 1.99. The third-order valence-electron chi connectivity index (χ3n) is 1.18. The molecule has 0 aromatic carbocycles. The lowest BCUT2D eigenvalue weighted by molar-refractivity contribution is 0.311. The Bertz CT molecular complexity index is 309. The van der Waals surface area contributed by atoms with E-state index in [1.54, 1.807) is 0 Å². The first-order valence-electron chi connectivity index (χ1n) is 3.44. The first-order chi connectivity index (χ1) is 5.72. The Kier molecular flexibility index (Phi) is 2.65. The van der Waals surface area contributed by atoms with Crippen molar-refractivity contribution in [2.45, 2.75) is 0 Å². The molecular weight excluding hydrogens is 160 g/mol. The van der Waals surface area contributed by atoms with Gasteiger partial charge in [-0.2, -0.15) is 4.98 Å². The normalized spacial score (nSPS) is 9.75. The summed E-state index contributed by atoms with van der Waals surface area (Å²) >= 11 is 0. The van der Waals surface area contributed by atoms with Gasteiger partial charge in [0.1, 0.15) is 11.6 Å². The van der Waals surface area contributed by atoms with Crippen molar-refractivity contribution in [3.8, 4) is 0 Å². The molecule has 0 radical (unpaired) electrons. The highest BCUT2D eigenvalue weighted by Gasteiger charge is 1.95. The molecule has 0 aliphatic carbocycles. The molecule has 0 spiro atoms. The summed E-state index contributed by atoms with van der Waals surface area (Å²) in [5.41, 5.74) is 4.83. The van der Waals surface area contributed by atoms with Gasteiger partial charge in [0.05, 0.1) is 6.61 Å². The van der Waals surface area contributed by atoms with E-state index in [2.05, 4.69) is 15.3 Å². The van der Waals surface area contributed by atoms with Gasteiger partial charge >= 0.3 is 5.69 Å². The minimum atomic E-state index is -0.504. The standard InChI is InChI=1S/C6H10N4O2/c7-4-3-5(8-1-2-11)10-6(12)9-4/h3,11H,1-2H2,(H4,7,8,9,10,12). The van der Waals surface area contributed by atoms with E-state index in [4.69, 9.17) is 10.8 Å². The van der Waals surface area contributed by atoms with E-state index in [1.807, 2.05) is 0 Å². The van der Waals surface area contributed by atoms with E-state index in [9.17, 15) is 4.79 Å². The zero-order valence-corrected chi connectivity index (χ0v) is 6.37. The first kappa shape index (κ1) is 8.54. The molecule has 1 heterocycles. The molecule has 0 amide bonds. The van der Waals surface area contributed by atoms with Crippen LogP contribution in [0.3, 0.4) is 0 Å². The van der Waals surface area contributed by atoms with Gasteiger partial charge < -0.3 is 16.2 Å². The van der Waals surface area contributed by atoms with Crippen LogP contribution in [0.4, 0.5) is 11.6 Å². The fourth-order valence-corrected chi connectivity index (χ4v) is 0.751. The van der Waals surface area contributed by atoms with Crippen LogP contribution in [0.1, 0.15) is 0 Å². The summed E-state index contributed by atoms with van der Waals surface area (Å²) in [5.74, 6) is 0.612. The molecule has 6 heteroatoms. The Morgan fingerprint density at radius 2 is 2.50 bits per heavy atom. The van der Waals surface area contributed by atoms with Gasteiger partial charge in [0.25, 0.3) is 0 Å². The van der Waals surface area contributed by atoms with Gasteiger partial charge in [0.2, 0.25) is 0 Å². The summed E-state index contributed by atoms with van der Waals surface area (Å²) in [6.45, 7) is 0.324. The SMILES string of the molecule is Nc1cc(NCCO)nc(=O)[nH]1. The highest BCUT2D eigenvalue weighted by Crippen LogP contribution is 2.00. The Balaban J connectivity index is 2.79. The summed E-state index contributed by atoms with van der Waals surface area (Å²) in [4.78, 5) is 16.6. The number of aromatic amines is 1. The van der Waals surface area contributed by atoms with E-state index in [1.165, 1.54) is 6.07 Å². The number of nitrogens with two attached hydrogens (primary N) is 1. The number of aliphatic hydroxyl groups is 1. The highest BCUT2D eigenvalue weighted by atomic mass is 16.3. The lowest BCUT2D eigenvalue weighted by Gasteiger charge is -2.01. The second-order valence-electron chi connectivity index (χ2n) is 2.18. The number of rotatable bonds is 3. The molecule has 0 unspecified atom stereocenters. The number of aromatic nitrogens is 2. The van der Waals surface area contributed by atoms with Crippen LogP contribution in [0.25, 0.3) is 0 Å². The van der Waals surface area contributed by atoms with Crippen molar-refractivity contribution in [1.29, 1.82) is 0 Å². The van der Waals surface area contributed by atoms with Gasteiger partial charge in [0.15, 0.2) is 0 Å². The maximum atomic E-state index is 10.7. The number of aliphatic hydroxyl groups excluding tert-OH is 1. The zero-order chi connectivity index (χ0) is 8.97. The Labute approximate surface area is 68.4 Å². The van der Waals surface area contributed by atoms with E-state index < -0.39 is 5.69 Å². The summed E-state index contributed by atoms with van der Waals surface area (Å²) in [6.07, 6.45) is 0. The lowest BCUT2D eigenvalue weighted by atomic mass is 10.5. The van der Waals surface area contributed by atoms with Crippen molar-refractivity contribution in [2.24, 2.45) is 0 Å². The molecule has 12 heavy (non-hydrogen) atoms. The minimum Gasteiger partial charge on any atom is -0.395 e. The number of hydrogen-bond donors (Lipinski definition) is 4. The molecular formula is C6H10N4O2. The lowest BCUT2D eigenvalue weighted by Crippen LogP contribution is -2.16. The molecule has 66 valence electrons. The van der Waals surface area contributed by atoms with Crippen molar-refractivity contribution >= 4 is 11.6 Å². The van der Waals surface area contributed by atoms with E-state index in [-0.39, 0.29) is 12.4 Å². The van der Waals surface area contributed by atoms with Gasteiger partial charge in [-0.1, -0.05) is 0 Å². The molecule has 0 aliphatic rings. The summed E-state index contributed by atoms with van der Waals surface area (Å²) in [7, 11) is 0. The Morgan fingerprint density at radius 3 is 3.08 bits per heavy atom. The smallest absolute Gasteiger partial charge is 0.348 e. The highest BCUT2D eigenvalue weighted by molar-refractivity contribution is 5.43. The topological polar surface area (TPSA) is 104 Å². The Hall–Kier alpha value is -1.56. The molecule has 1 aromatic rings. The molecule has 1 rings (SSSR count). The first-order valence-corrected chi connectivity index (χ1v) is 3.44. The van der Waals surface area contributed by atoms with E-state index in [0.29, 0.717) is 12.4 Å². The van der Waals surface area contributed by atoms with Crippen molar-refractivity contribution in [3.05, 3.63) is 16.6 Å². The van der Waals surface area contributed by atoms with Crippen LogP contribution in [0.5, 0.6) is 0 Å². The fraction of sp³-hybridized carbons (Fsp3) is 0.333. The molecule has 0 bridgehead atoms. The van der Waals surface area contributed by atoms with E-state index >= 15 is 0 Å². The predicted molar refractivity (Wildman–Crippen MR) is 44.8 cm³/mol. The number of nitrogen functional groups attached to an aromatic ring is 1. The molecule has 0 aliphatic heterocycles. The summed E-state index contributed by atoms with van der Waals surface area (Å²) in [6, 6.07) is 1.48. The summed E-state index contributed by atoms with van der Waals surface area (Å²) in [5, 5.41) is 11.2. The third-order valence-corrected chi connectivity index (χ3v) is 1.18. The van der Waals surface area contributed by atoms with Crippen LogP contribution in [0, 0.1) is 0 Å². The largest absolute Gasteiger partial charge is 0.395 e. The Morgan fingerprint density at radius 1 is 1.75 bits per heavy atom. The van der Waals surface area contributed by atoms with E-state index in [0.717, 1.165) is 0 Å². The van der Waals surface area contributed by atoms with Crippen molar-refractivity contribution < 1.29 is 5.11 Å². The maximum Gasteiger partial charge on any atom is 0.348 e. The minimum absolute atomic E-state index is 0.0195. The van der Waals surface area contributed by atoms with Crippen molar-refractivity contribution in [3.63, 3.8) is 0 Å². The van der Waals surface area contributed by atoms with Gasteiger partial charge in [-0.05, 0) is 0 Å². The second-order valence-corrected chi connectivity index (χ2v) is 2.18. The maximum absolute atomic E-state index is 10.7. The average molecular weight is 170 g/mol. The van der Waals surface area contributed by atoms with Gasteiger partial charge in [0, 0.05) is 12.6 Å². The third kappa shape index (κ3) is 2.24. The van der Waals surface area contributed by atoms with Gasteiger partial charge in [-0.15, -0.1) is 0 Å². The molecule has 0 saturated carbocycles. The quantitative estimate of drug-likeness (QED) is 0.454. The predicted octanol–water partition coefficient (Wildman–Crippen LogP) is -1.24. The van der Waals surface area contributed by atoms with Crippen molar-refractivity contribution in [2.75, 3.05) is 24.2 Å². The molecule has 0 saturated heterocycles. The number of hydrogen-bond acceptors (Lipinski definition) is 5. The van der Waals surface area contributed by atoms with Crippen LogP contribution in [-0.2, 0) is 0 Å². The number of nitrogens with zero attached hydrogens (tertiary/aromatic N) is 1. The molecule has 1 aromatic heterocycles. The molecule has 6 nitrogen and oxygen atoms in total. The molecule has 5 N–H and O–H groups in total.